The first kappa shape index (κ1) is 21.2. The maximum atomic E-state index is 13.3. The van der Waals surface area contributed by atoms with Crippen LogP contribution in [0.25, 0.3) is 0 Å². The Morgan fingerprint density at radius 3 is 2.30 bits per heavy atom. The van der Waals surface area contributed by atoms with Gasteiger partial charge in [0.05, 0.1) is 10.7 Å². The minimum absolute atomic E-state index is 0.0500. The van der Waals surface area contributed by atoms with Crippen LogP contribution >= 0.6 is 11.6 Å². The molecule has 0 bridgehead atoms. The number of likely N-dealkylation sites (N-methyl/N-ethyl adjacent to an activating group) is 1. The number of anilines is 1. The highest BCUT2D eigenvalue weighted by Crippen LogP contribution is 2.25. The molecular weight excluding hydrogens is 385 g/mol. The van der Waals surface area contributed by atoms with E-state index in [1.54, 1.807) is 37.0 Å². The molecule has 0 saturated heterocycles. The van der Waals surface area contributed by atoms with E-state index in [4.69, 9.17) is 11.6 Å². The molecule has 0 spiro atoms. The number of carbonyl (C=O) groups is 1. The molecule has 1 aromatic heterocycles. The predicted octanol–water partition coefficient (Wildman–Crippen LogP) is 1.37. The van der Waals surface area contributed by atoms with Crippen LogP contribution in [0.5, 0.6) is 0 Å². The fourth-order valence-corrected chi connectivity index (χ4v) is 4.20. The summed E-state index contributed by atoms with van der Waals surface area (Å²) in [6.07, 6.45) is 1.26. The number of hydrogen-bond acceptors (Lipinski definition) is 4. The summed E-state index contributed by atoms with van der Waals surface area (Å²) in [7, 11) is -2.32. The van der Waals surface area contributed by atoms with Crippen molar-refractivity contribution in [2.24, 2.45) is 0 Å². The second kappa shape index (κ2) is 8.76. The molecule has 0 aliphatic heterocycles. The van der Waals surface area contributed by atoms with Crippen LogP contribution in [0.15, 0.2) is 41.4 Å². The highest BCUT2D eigenvalue weighted by molar-refractivity contribution is 7.92. The molecule has 1 amide bonds. The van der Waals surface area contributed by atoms with E-state index in [9.17, 15) is 13.2 Å². The summed E-state index contributed by atoms with van der Waals surface area (Å²) in [5.74, 6) is -0.268. The summed E-state index contributed by atoms with van der Waals surface area (Å²) in [5, 5.41) is 0.259. The van der Waals surface area contributed by atoms with E-state index in [0.717, 1.165) is 9.87 Å². The SMILES string of the molecule is Bc1ncc(S(=O)(=O)N(CC(=O)N(CC)CC)c2ccc(C)cc2)cc1Cl. The zero-order valence-corrected chi connectivity index (χ0v) is 17.5. The number of carbonyl (C=O) groups excluding carboxylic acids is 1. The first-order valence-electron chi connectivity index (χ1n) is 8.70. The molecule has 6 nitrogen and oxygen atoms in total. The molecule has 27 heavy (non-hydrogen) atoms. The number of hydrogen-bond donors (Lipinski definition) is 0. The van der Waals surface area contributed by atoms with Gasteiger partial charge in [0.25, 0.3) is 10.0 Å². The van der Waals surface area contributed by atoms with Gasteiger partial charge in [-0.3, -0.25) is 14.1 Å². The number of rotatable bonds is 7. The van der Waals surface area contributed by atoms with Crippen LogP contribution in [0.4, 0.5) is 5.69 Å². The molecule has 0 radical (unpaired) electrons. The monoisotopic (exact) mass is 407 g/mol. The molecule has 2 rings (SSSR count). The average molecular weight is 408 g/mol. The molecule has 2 aromatic rings. The van der Waals surface area contributed by atoms with Crippen LogP contribution in [0.2, 0.25) is 5.02 Å². The Balaban J connectivity index is 2.51. The van der Waals surface area contributed by atoms with Crippen LogP contribution < -0.4 is 9.90 Å². The smallest absolute Gasteiger partial charge is 0.266 e. The van der Waals surface area contributed by atoms with E-state index >= 15 is 0 Å². The van der Waals surface area contributed by atoms with Gasteiger partial charge in [0, 0.05) is 24.9 Å². The van der Waals surface area contributed by atoms with Gasteiger partial charge in [-0.05, 0) is 39.0 Å². The molecule has 144 valence electrons. The predicted molar refractivity (Wildman–Crippen MR) is 111 cm³/mol. The number of aromatic nitrogens is 1. The van der Waals surface area contributed by atoms with Gasteiger partial charge in [0.15, 0.2) is 7.85 Å². The largest absolute Gasteiger partial charge is 0.342 e. The van der Waals surface area contributed by atoms with Gasteiger partial charge in [-0.1, -0.05) is 29.3 Å². The second-order valence-electron chi connectivity index (χ2n) is 6.15. The summed E-state index contributed by atoms with van der Waals surface area (Å²) in [4.78, 5) is 18.2. The van der Waals surface area contributed by atoms with Crippen molar-refractivity contribution in [1.29, 1.82) is 0 Å². The van der Waals surface area contributed by atoms with Crippen LogP contribution in [-0.2, 0) is 14.8 Å². The van der Waals surface area contributed by atoms with Gasteiger partial charge in [0.2, 0.25) is 5.91 Å². The first-order chi connectivity index (χ1) is 12.7. The van der Waals surface area contributed by atoms with Crippen LogP contribution in [-0.4, -0.2) is 51.7 Å². The Morgan fingerprint density at radius 2 is 1.78 bits per heavy atom. The minimum Gasteiger partial charge on any atom is -0.342 e. The molecule has 0 saturated carbocycles. The van der Waals surface area contributed by atoms with Crippen molar-refractivity contribution in [1.82, 2.24) is 9.88 Å². The van der Waals surface area contributed by atoms with E-state index in [2.05, 4.69) is 4.98 Å². The Kier molecular flexibility index (Phi) is 6.89. The standard InChI is InChI=1S/C18H23BClN3O3S/c1-4-22(5-2)17(24)12-23(14-8-6-13(3)7-9-14)27(25,26)15-10-16(20)18(19)21-11-15/h6-11H,4-5,12,19H2,1-3H3. The topological polar surface area (TPSA) is 70.6 Å². The molecule has 1 heterocycles. The van der Waals surface area contributed by atoms with Gasteiger partial charge < -0.3 is 4.90 Å². The maximum absolute atomic E-state index is 13.3. The lowest BCUT2D eigenvalue weighted by Gasteiger charge is -2.27. The van der Waals surface area contributed by atoms with Crippen molar-refractivity contribution >= 4 is 46.7 Å². The molecule has 0 aliphatic rings. The number of pyridine rings is 1. The minimum atomic E-state index is -4.01. The molecule has 0 unspecified atom stereocenters. The fraction of sp³-hybridized carbons (Fsp3) is 0.333. The second-order valence-corrected chi connectivity index (χ2v) is 8.42. The molecular formula is C18H23BClN3O3S. The Labute approximate surface area is 166 Å². The Hall–Kier alpha value is -2.06. The molecule has 0 N–H and O–H groups in total. The maximum Gasteiger partial charge on any atom is 0.266 e. The number of benzene rings is 1. The van der Waals surface area contributed by atoms with Crippen LogP contribution in [0.3, 0.4) is 0 Å². The van der Waals surface area contributed by atoms with Gasteiger partial charge in [-0.25, -0.2) is 8.42 Å². The fourth-order valence-electron chi connectivity index (χ4n) is 2.58. The number of halogens is 1. The van der Waals surface area contributed by atoms with Crippen molar-refractivity contribution in [3.63, 3.8) is 0 Å². The molecule has 1 aromatic carbocycles. The van der Waals surface area contributed by atoms with Crippen LogP contribution in [0, 0.1) is 6.92 Å². The number of sulfonamides is 1. The van der Waals surface area contributed by atoms with Crippen molar-refractivity contribution in [3.05, 3.63) is 47.1 Å². The van der Waals surface area contributed by atoms with Gasteiger partial charge >= 0.3 is 0 Å². The third-order valence-corrected chi connectivity index (χ3v) is 6.43. The highest BCUT2D eigenvalue weighted by Gasteiger charge is 2.29. The molecule has 0 atom stereocenters. The summed E-state index contributed by atoms with van der Waals surface area (Å²) in [6.45, 7) is 6.35. The van der Waals surface area contributed by atoms with Crippen molar-refractivity contribution in [2.45, 2.75) is 25.7 Å². The summed E-state index contributed by atoms with van der Waals surface area (Å²) in [5.41, 5.74) is 1.95. The number of aryl methyl sites for hydroxylation is 1. The van der Waals surface area contributed by atoms with E-state index in [1.807, 2.05) is 20.8 Å². The third kappa shape index (κ3) is 4.81. The van der Waals surface area contributed by atoms with Gasteiger partial charge in [-0.2, -0.15) is 0 Å². The summed E-state index contributed by atoms with van der Waals surface area (Å²) >= 11 is 6.07. The lowest BCUT2D eigenvalue weighted by molar-refractivity contribution is -0.129. The lowest BCUT2D eigenvalue weighted by Crippen LogP contribution is -2.43. The third-order valence-electron chi connectivity index (χ3n) is 4.31. The normalized spacial score (nSPS) is 11.3. The van der Waals surface area contributed by atoms with E-state index < -0.39 is 10.0 Å². The molecule has 0 fully saturated rings. The molecule has 0 aliphatic carbocycles. The van der Waals surface area contributed by atoms with E-state index in [-0.39, 0.29) is 22.4 Å². The Bertz CT molecular complexity index is 916. The van der Waals surface area contributed by atoms with Crippen molar-refractivity contribution < 1.29 is 13.2 Å². The number of amides is 1. The van der Waals surface area contributed by atoms with Crippen molar-refractivity contribution in [2.75, 3.05) is 23.9 Å². The Morgan fingerprint density at radius 1 is 1.19 bits per heavy atom. The number of nitrogens with zero attached hydrogens (tertiary/aromatic N) is 3. The lowest BCUT2D eigenvalue weighted by atomic mass is 10.0. The summed E-state index contributed by atoms with van der Waals surface area (Å²) in [6, 6.07) is 8.35. The summed E-state index contributed by atoms with van der Waals surface area (Å²) < 4.78 is 27.7. The van der Waals surface area contributed by atoms with Gasteiger partial charge in [-0.15, -0.1) is 0 Å². The van der Waals surface area contributed by atoms with E-state index in [1.165, 1.54) is 12.3 Å². The van der Waals surface area contributed by atoms with Gasteiger partial charge in [0.1, 0.15) is 11.4 Å². The average Bonchev–Trinajstić information content (AvgIpc) is 2.63. The zero-order chi connectivity index (χ0) is 20.2. The molecule has 9 heteroatoms. The highest BCUT2D eigenvalue weighted by atomic mass is 35.5. The quantitative estimate of drug-likeness (QED) is 0.650. The van der Waals surface area contributed by atoms with Crippen LogP contribution in [0.1, 0.15) is 19.4 Å². The van der Waals surface area contributed by atoms with Crippen molar-refractivity contribution in [3.8, 4) is 0 Å². The van der Waals surface area contributed by atoms with E-state index in [0.29, 0.717) is 24.4 Å². The zero-order valence-electron chi connectivity index (χ0n) is 15.9. The first-order valence-corrected chi connectivity index (χ1v) is 10.5.